The molecule has 0 bridgehead atoms. The summed E-state index contributed by atoms with van der Waals surface area (Å²) in [6.07, 6.45) is 2.34. The summed E-state index contributed by atoms with van der Waals surface area (Å²) in [5.74, 6) is 2.35. The van der Waals surface area contributed by atoms with E-state index in [-0.39, 0.29) is 0 Å². The van der Waals surface area contributed by atoms with Gasteiger partial charge in [0, 0.05) is 13.1 Å². The average molecular weight is 323 g/mol. The van der Waals surface area contributed by atoms with E-state index in [2.05, 4.69) is 46.3 Å². The van der Waals surface area contributed by atoms with Gasteiger partial charge in [0.1, 0.15) is 12.3 Å². The molecule has 0 unspecified atom stereocenters. The van der Waals surface area contributed by atoms with Crippen LogP contribution in [0.1, 0.15) is 51.0 Å². The Morgan fingerprint density at radius 2 is 1.87 bits per heavy atom. The number of rotatable bonds is 10. The number of nitrogens with one attached hydrogen (secondary N) is 2. The predicted molar refractivity (Wildman–Crippen MR) is 95.8 cm³/mol. The Labute approximate surface area is 140 Å². The maximum Gasteiger partial charge on any atom is 0.216 e. The standard InChI is InChI=1S/C17H33N5O/c1-6-18-17(19-11-9-10-12-22(7-2)8-3)20-13-16-21-14(4)15(5)23-16/h6-13H2,1-5H3,(H2,18,19,20). The van der Waals surface area contributed by atoms with Gasteiger partial charge in [-0.2, -0.15) is 0 Å². The molecule has 2 N–H and O–H groups in total. The molecule has 0 radical (unpaired) electrons. The van der Waals surface area contributed by atoms with Crippen molar-refractivity contribution in [2.75, 3.05) is 32.7 Å². The number of hydrogen-bond acceptors (Lipinski definition) is 4. The van der Waals surface area contributed by atoms with E-state index in [1.54, 1.807) is 0 Å². The lowest BCUT2D eigenvalue weighted by Crippen LogP contribution is -2.38. The van der Waals surface area contributed by atoms with Gasteiger partial charge in [0.05, 0.1) is 5.69 Å². The van der Waals surface area contributed by atoms with Crippen molar-refractivity contribution in [3.63, 3.8) is 0 Å². The Balaban J connectivity index is 2.35. The van der Waals surface area contributed by atoms with Crippen LogP contribution in [0, 0.1) is 13.8 Å². The number of oxazole rings is 1. The average Bonchev–Trinajstić information content (AvgIpc) is 2.86. The lowest BCUT2D eigenvalue weighted by Gasteiger charge is -2.17. The molecule has 0 spiro atoms. The first-order chi connectivity index (χ1) is 11.1. The van der Waals surface area contributed by atoms with E-state index in [9.17, 15) is 0 Å². The lowest BCUT2D eigenvalue weighted by atomic mass is 10.3. The Kier molecular flexibility index (Phi) is 9.36. The van der Waals surface area contributed by atoms with Crippen molar-refractivity contribution in [1.29, 1.82) is 0 Å². The number of hydrogen-bond donors (Lipinski definition) is 2. The van der Waals surface area contributed by atoms with E-state index >= 15 is 0 Å². The minimum atomic E-state index is 0.462. The second-order valence-electron chi connectivity index (χ2n) is 5.61. The summed E-state index contributed by atoms with van der Waals surface area (Å²) in [4.78, 5) is 11.3. The molecule has 0 atom stereocenters. The summed E-state index contributed by atoms with van der Waals surface area (Å²) in [6, 6.07) is 0. The molecule has 0 saturated heterocycles. The summed E-state index contributed by atoms with van der Waals surface area (Å²) in [6.45, 7) is 16.0. The molecule has 1 aromatic rings. The highest BCUT2D eigenvalue weighted by Crippen LogP contribution is 2.08. The van der Waals surface area contributed by atoms with E-state index in [0.29, 0.717) is 12.4 Å². The van der Waals surface area contributed by atoms with Crippen molar-refractivity contribution in [2.24, 2.45) is 4.99 Å². The predicted octanol–water partition coefficient (Wildman–Crippen LogP) is 2.47. The van der Waals surface area contributed by atoms with E-state index in [1.165, 1.54) is 6.42 Å². The molecule has 0 aliphatic heterocycles. The van der Waals surface area contributed by atoms with Crippen LogP contribution in [-0.4, -0.2) is 48.6 Å². The third-order valence-electron chi connectivity index (χ3n) is 3.88. The molecule has 1 heterocycles. The molecule has 0 aliphatic carbocycles. The largest absolute Gasteiger partial charge is 0.444 e. The zero-order valence-electron chi connectivity index (χ0n) is 15.4. The highest BCUT2D eigenvalue weighted by molar-refractivity contribution is 5.79. The smallest absolute Gasteiger partial charge is 0.216 e. The second kappa shape index (κ2) is 11.0. The zero-order chi connectivity index (χ0) is 17.1. The van der Waals surface area contributed by atoms with Crippen molar-refractivity contribution in [1.82, 2.24) is 20.5 Å². The second-order valence-corrected chi connectivity index (χ2v) is 5.61. The first kappa shape index (κ1) is 19.5. The van der Waals surface area contributed by atoms with E-state index in [1.807, 2.05) is 13.8 Å². The number of aromatic nitrogens is 1. The lowest BCUT2D eigenvalue weighted by molar-refractivity contribution is 0.297. The Morgan fingerprint density at radius 3 is 2.43 bits per heavy atom. The summed E-state index contributed by atoms with van der Waals surface area (Å²) in [7, 11) is 0. The van der Waals surface area contributed by atoms with Crippen LogP contribution in [-0.2, 0) is 6.54 Å². The molecule has 0 aromatic carbocycles. The van der Waals surface area contributed by atoms with Gasteiger partial charge in [-0.15, -0.1) is 0 Å². The summed E-state index contributed by atoms with van der Waals surface area (Å²) in [5, 5.41) is 6.63. The molecule has 0 fully saturated rings. The molecule has 1 rings (SSSR count). The first-order valence-corrected chi connectivity index (χ1v) is 8.78. The molecular formula is C17H33N5O. The first-order valence-electron chi connectivity index (χ1n) is 8.78. The highest BCUT2D eigenvalue weighted by atomic mass is 16.4. The third-order valence-corrected chi connectivity index (χ3v) is 3.88. The number of nitrogens with zero attached hydrogens (tertiary/aromatic N) is 3. The van der Waals surface area contributed by atoms with E-state index < -0.39 is 0 Å². The fourth-order valence-corrected chi connectivity index (χ4v) is 2.30. The maximum absolute atomic E-state index is 5.56. The highest BCUT2D eigenvalue weighted by Gasteiger charge is 2.05. The van der Waals surface area contributed by atoms with E-state index in [4.69, 9.17) is 4.42 Å². The van der Waals surface area contributed by atoms with Gasteiger partial charge in [0.15, 0.2) is 5.96 Å². The van der Waals surface area contributed by atoms with Gasteiger partial charge >= 0.3 is 0 Å². The summed E-state index contributed by atoms with van der Waals surface area (Å²) < 4.78 is 5.56. The molecule has 0 aliphatic rings. The Bertz CT molecular complexity index is 446. The van der Waals surface area contributed by atoms with Gasteiger partial charge in [-0.25, -0.2) is 9.98 Å². The Morgan fingerprint density at radius 1 is 1.13 bits per heavy atom. The molecular weight excluding hydrogens is 290 g/mol. The van der Waals surface area contributed by atoms with Crippen LogP contribution in [0.15, 0.2) is 9.41 Å². The molecule has 0 amide bonds. The normalized spacial score (nSPS) is 12.0. The van der Waals surface area contributed by atoms with Gasteiger partial charge in [-0.05, 0) is 53.2 Å². The number of aryl methyl sites for hydroxylation is 2. The van der Waals surface area contributed by atoms with Crippen LogP contribution in [0.2, 0.25) is 0 Å². The fraction of sp³-hybridized carbons (Fsp3) is 0.765. The SMILES string of the molecule is CCNC(=NCc1nc(C)c(C)o1)NCCCCN(CC)CC. The monoisotopic (exact) mass is 323 g/mol. The van der Waals surface area contributed by atoms with Crippen LogP contribution >= 0.6 is 0 Å². The van der Waals surface area contributed by atoms with Crippen LogP contribution in [0.25, 0.3) is 0 Å². The van der Waals surface area contributed by atoms with Gasteiger partial charge in [-0.1, -0.05) is 13.8 Å². The molecule has 0 saturated carbocycles. The summed E-state index contributed by atoms with van der Waals surface area (Å²) >= 11 is 0. The van der Waals surface area contributed by atoms with Crippen molar-refractivity contribution in [3.8, 4) is 0 Å². The minimum Gasteiger partial charge on any atom is -0.444 e. The van der Waals surface area contributed by atoms with Crippen molar-refractivity contribution < 1.29 is 4.42 Å². The molecule has 1 aromatic heterocycles. The minimum absolute atomic E-state index is 0.462. The van der Waals surface area contributed by atoms with E-state index in [0.717, 1.165) is 56.6 Å². The Hall–Kier alpha value is -1.56. The number of guanidine groups is 1. The van der Waals surface area contributed by atoms with Gasteiger partial charge in [-0.3, -0.25) is 0 Å². The number of unbranched alkanes of at least 4 members (excludes halogenated alkanes) is 1. The quantitative estimate of drug-likeness (QED) is 0.393. The molecule has 6 heteroatoms. The van der Waals surface area contributed by atoms with Gasteiger partial charge in [0.25, 0.3) is 0 Å². The third kappa shape index (κ3) is 7.50. The van der Waals surface area contributed by atoms with Crippen molar-refractivity contribution in [3.05, 3.63) is 17.3 Å². The summed E-state index contributed by atoms with van der Waals surface area (Å²) in [5.41, 5.74) is 0.935. The topological polar surface area (TPSA) is 65.7 Å². The van der Waals surface area contributed by atoms with Crippen molar-refractivity contribution in [2.45, 2.75) is 54.0 Å². The molecule has 23 heavy (non-hydrogen) atoms. The maximum atomic E-state index is 5.56. The van der Waals surface area contributed by atoms with Crippen LogP contribution < -0.4 is 10.6 Å². The van der Waals surface area contributed by atoms with Gasteiger partial charge < -0.3 is 20.0 Å². The molecule has 132 valence electrons. The molecule has 6 nitrogen and oxygen atoms in total. The van der Waals surface area contributed by atoms with Gasteiger partial charge in [0.2, 0.25) is 5.89 Å². The van der Waals surface area contributed by atoms with Crippen LogP contribution in [0.3, 0.4) is 0 Å². The van der Waals surface area contributed by atoms with Crippen molar-refractivity contribution >= 4 is 5.96 Å². The van der Waals surface area contributed by atoms with Crippen LogP contribution in [0.4, 0.5) is 0 Å². The zero-order valence-corrected chi connectivity index (χ0v) is 15.4. The fourth-order valence-electron chi connectivity index (χ4n) is 2.30. The number of aliphatic imine (C=N–C) groups is 1. The van der Waals surface area contributed by atoms with Crippen LogP contribution in [0.5, 0.6) is 0 Å².